The van der Waals surface area contributed by atoms with E-state index in [1.165, 1.54) is 12.0 Å². The van der Waals surface area contributed by atoms with Crippen molar-refractivity contribution >= 4 is 21.5 Å². The number of pyridine rings is 1. The monoisotopic (exact) mass is 359 g/mol. The van der Waals surface area contributed by atoms with Crippen molar-refractivity contribution < 1.29 is 8.42 Å². The summed E-state index contributed by atoms with van der Waals surface area (Å²) < 4.78 is 27.9. The highest BCUT2D eigenvalue weighted by atomic mass is 32.2. The first kappa shape index (κ1) is 17.7. The number of nitrogens with one attached hydrogen (secondary N) is 1. The highest BCUT2D eigenvalue weighted by Gasteiger charge is 2.18. The van der Waals surface area contributed by atoms with Crippen LogP contribution >= 0.6 is 0 Å². The van der Waals surface area contributed by atoms with E-state index in [-0.39, 0.29) is 0 Å². The van der Waals surface area contributed by atoms with Crippen LogP contribution in [0.2, 0.25) is 0 Å². The molecule has 3 rings (SSSR count). The molecule has 0 fully saturated rings. The second-order valence-corrected chi connectivity index (χ2v) is 8.00. The van der Waals surface area contributed by atoms with Crippen molar-refractivity contribution in [1.82, 2.24) is 4.98 Å². The number of nitrogens with zero attached hydrogens (tertiary/aromatic N) is 2. The van der Waals surface area contributed by atoms with Crippen LogP contribution in [0.15, 0.2) is 41.4 Å². The number of rotatable bonds is 6. The van der Waals surface area contributed by atoms with Crippen LogP contribution in [0.25, 0.3) is 0 Å². The standard InChI is InChI=1S/C19H25N3O2S/c1-3-22(4-2)17-10-12-19(20-14-17)21-25(23,24)18-11-9-15-7-5-6-8-16(15)13-18/h9-14H,3-8H2,1-2H3,(H,20,21). The fourth-order valence-electron chi connectivity index (χ4n) is 3.30. The lowest BCUT2D eigenvalue weighted by Gasteiger charge is -2.20. The summed E-state index contributed by atoms with van der Waals surface area (Å²) in [6, 6.07) is 9.05. The van der Waals surface area contributed by atoms with Gasteiger partial charge in [-0.25, -0.2) is 13.4 Å². The average molecular weight is 359 g/mol. The van der Waals surface area contributed by atoms with E-state index >= 15 is 0 Å². The van der Waals surface area contributed by atoms with Crippen molar-refractivity contribution in [3.63, 3.8) is 0 Å². The molecule has 1 aliphatic carbocycles. The summed E-state index contributed by atoms with van der Waals surface area (Å²) in [5.74, 6) is 0.341. The molecule has 1 aromatic heterocycles. The lowest BCUT2D eigenvalue weighted by molar-refractivity contribution is 0.600. The average Bonchev–Trinajstić information content (AvgIpc) is 2.63. The Labute approximate surface area is 150 Å². The Morgan fingerprint density at radius 2 is 1.76 bits per heavy atom. The molecule has 1 heterocycles. The Kier molecular flexibility index (Phi) is 5.27. The van der Waals surface area contributed by atoms with Gasteiger partial charge in [-0.3, -0.25) is 4.72 Å². The van der Waals surface area contributed by atoms with Crippen molar-refractivity contribution in [3.05, 3.63) is 47.7 Å². The smallest absolute Gasteiger partial charge is 0.263 e. The van der Waals surface area contributed by atoms with Crippen LogP contribution < -0.4 is 9.62 Å². The van der Waals surface area contributed by atoms with Crippen LogP contribution in [0.3, 0.4) is 0 Å². The molecule has 25 heavy (non-hydrogen) atoms. The first-order valence-electron chi connectivity index (χ1n) is 8.89. The van der Waals surface area contributed by atoms with E-state index in [1.54, 1.807) is 24.4 Å². The Morgan fingerprint density at radius 3 is 2.40 bits per heavy atom. The van der Waals surface area contributed by atoms with E-state index in [2.05, 4.69) is 28.5 Å². The van der Waals surface area contributed by atoms with Gasteiger partial charge in [-0.05, 0) is 74.9 Å². The van der Waals surface area contributed by atoms with Crippen LogP contribution in [-0.4, -0.2) is 26.5 Å². The number of sulfonamides is 1. The van der Waals surface area contributed by atoms with E-state index in [0.29, 0.717) is 10.7 Å². The normalized spacial score (nSPS) is 14.0. The third-order valence-electron chi connectivity index (χ3n) is 4.75. The molecule has 1 aromatic carbocycles. The van der Waals surface area contributed by atoms with E-state index in [1.807, 2.05) is 12.1 Å². The Morgan fingerprint density at radius 1 is 1.04 bits per heavy atom. The van der Waals surface area contributed by atoms with E-state index < -0.39 is 10.0 Å². The van der Waals surface area contributed by atoms with Crippen LogP contribution in [0, 0.1) is 0 Å². The molecule has 0 atom stereocenters. The maximum absolute atomic E-state index is 12.7. The molecule has 0 radical (unpaired) electrons. The minimum atomic E-state index is -3.62. The fraction of sp³-hybridized carbons (Fsp3) is 0.421. The molecule has 134 valence electrons. The third-order valence-corrected chi connectivity index (χ3v) is 6.10. The number of fused-ring (bicyclic) bond motifs is 1. The summed E-state index contributed by atoms with van der Waals surface area (Å²) in [4.78, 5) is 6.73. The maximum atomic E-state index is 12.7. The molecule has 0 spiro atoms. The van der Waals surface area contributed by atoms with E-state index in [9.17, 15) is 8.42 Å². The zero-order valence-corrected chi connectivity index (χ0v) is 15.6. The number of benzene rings is 1. The van der Waals surface area contributed by atoms with Crippen LogP contribution in [0.4, 0.5) is 11.5 Å². The second kappa shape index (κ2) is 7.44. The number of anilines is 2. The summed E-state index contributed by atoms with van der Waals surface area (Å²) in [7, 11) is -3.62. The van der Waals surface area contributed by atoms with E-state index in [0.717, 1.165) is 43.6 Å². The zero-order chi connectivity index (χ0) is 17.9. The number of hydrogen-bond donors (Lipinski definition) is 1. The SMILES string of the molecule is CCN(CC)c1ccc(NS(=O)(=O)c2ccc3c(c2)CCCC3)nc1. The summed E-state index contributed by atoms with van der Waals surface area (Å²) in [6.07, 6.45) is 6.00. The summed E-state index contributed by atoms with van der Waals surface area (Å²) in [5.41, 5.74) is 3.41. The predicted molar refractivity (Wildman–Crippen MR) is 102 cm³/mol. The highest BCUT2D eigenvalue weighted by Crippen LogP contribution is 2.25. The summed E-state index contributed by atoms with van der Waals surface area (Å²) in [6.45, 7) is 5.93. The van der Waals surface area contributed by atoms with Gasteiger partial charge in [-0.1, -0.05) is 6.07 Å². The molecule has 1 N–H and O–H groups in total. The number of aryl methyl sites for hydroxylation is 2. The molecule has 1 aliphatic rings. The molecule has 0 saturated carbocycles. The van der Waals surface area contributed by atoms with Gasteiger partial charge in [0, 0.05) is 13.1 Å². The topological polar surface area (TPSA) is 62.3 Å². The van der Waals surface area contributed by atoms with Gasteiger partial charge in [-0.15, -0.1) is 0 Å². The Bertz CT molecular complexity index is 828. The van der Waals surface area contributed by atoms with Crippen molar-refractivity contribution in [3.8, 4) is 0 Å². The van der Waals surface area contributed by atoms with Gasteiger partial charge in [-0.2, -0.15) is 0 Å². The molecule has 0 unspecified atom stereocenters. The molecule has 0 amide bonds. The summed E-state index contributed by atoms with van der Waals surface area (Å²) >= 11 is 0. The molecule has 5 nitrogen and oxygen atoms in total. The van der Waals surface area contributed by atoms with E-state index in [4.69, 9.17) is 0 Å². The molecular formula is C19H25N3O2S. The van der Waals surface area contributed by atoms with Crippen molar-refractivity contribution in [2.24, 2.45) is 0 Å². The van der Waals surface area contributed by atoms with Crippen molar-refractivity contribution in [2.45, 2.75) is 44.4 Å². The molecule has 0 bridgehead atoms. The first-order valence-corrected chi connectivity index (χ1v) is 10.4. The lowest BCUT2D eigenvalue weighted by Crippen LogP contribution is -2.22. The van der Waals surface area contributed by atoms with Gasteiger partial charge in [0.25, 0.3) is 10.0 Å². The Hall–Kier alpha value is -2.08. The minimum absolute atomic E-state index is 0.308. The van der Waals surface area contributed by atoms with Crippen LogP contribution in [0.1, 0.15) is 37.8 Å². The van der Waals surface area contributed by atoms with Gasteiger partial charge < -0.3 is 4.90 Å². The van der Waals surface area contributed by atoms with Gasteiger partial charge in [0.15, 0.2) is 0 Å². The largest absolute Gasteiger partial charge is 0.371 e. The Balaban J connectivity index is 1.79. The van der Waals surface area contributed by atoms with Crippen LogP contribution in [-0.2, 0) is 22.9 Å². The van der Waals surface area contributed by atoms with Gasteiger partial charge in [0.2, 0.25) is 0 Å². The molecule has 0 saturated heterocycles. The fourth-order valence-corrected chi connectivity index (χ4v) is 4.35. The van der Waals surface area contributed by atoms with Gasteiger partial charge in [0.1, 0.15) is 5.82 Å². The van der Waals surface area contributed by atoms with Crippen LogP contribution in [0.5, 0.6) is 0 Å². The van der Waals surface area contributed by atoms with Gasteiger partial charge in [0.05, 0.1) is 16.8 Å². The lowest BCUT2D eigenvalue weighted by atomic mass is 9.92. The highest BCUT2D eigenvalue weighted by molar-refractivity contribution is 7.92. The third kappa shape index (κ3) is 3.95. The number of hydrogen-bond acceptors (Lipinski definition) is 4. The molecule has 2 aromatic rings. The summed E-state index contributed by atoms with van der Waals surface area (Å²) in [5, 5.41) is 0. The zero-order valence-electron chi connectivity index (χ0n) is 14.8. The second-order valence-electron chi connectivity index (χ2n) is 6.32. The quantitative estimate of drug-likeness (QED) is 0.856. The first-order chi connectivity index (χ1) is 12.0. The molecule has 0 aliphatic heterocycles. The minimum Gasteiger partial charge on any atom is -0.371 e. The number of aromatic nitrogens is 1. The molecule has 6 heteroatoms. The predicted octanol–water partition coefficient (Wildman–Crippen LogP) is 3.61. The van der Waals surface area contributed by atoms with Gasteiger partial charge >= 0.3 is 0 Å². The van der Waals surface area contributed by atoms with Crippen molar-refractivity contribution in [2.75, 3.05) is 22.7 Å². The maximum Gasteiger partial charge on any atom is 0.263 e. The molecular weight excluding hydrogens is 334 g/mol. The van der Waals surface area contributed by atoms with Crippen molar-refractivity contribution in [1.29, 1.82) is 0 Å².